The largest absolute Gasteiger partial charge is 0.488 e. The van der Waals surface area contributed by atoms with Gasteiger partial charge in [0, 0.05) is 23.7 Å². The number of aromatic nitrogens is 2. The molecule has 0 spiro atoms. The summed E-state index contributed by atoms with van der Waals surface area (Å²) in [6, 6.07) is 15.0. The SMILES string of the molecule is O=c1[nH]c2cc(C=C3c4ccc(F)cc4COc4cc(F)ccc43)ccc2n1C1CCNC1. The zero-order valence-electron chi connectivity index (χ0n) is 17.7. The van der Waals surface area contributed by atoms with Crippen LogP contribution in [0, 0.1) is 11.6 Å². The molecule has 1 saturated heterocycles. The monoisotopic (exact) mass is 445 g/mol. The predicted octanol–water partition coefficient (Wildman–Crippen LogP) is 4.62. The first-order chi connectivity index (χ1) is 16.1. The zero-order chi connectivity index (χ0) is 22.5. The van der Waals surface area contributed by atoms with Crippen LogP contribution in [0.5, 0.6) is 5.75 Å². The average Bonchev–Trinajstić information content (AvgIpc) is 3.40. The van der Waals surface area contributed by atoms with Crippen molar-refractivity contribution in [3.05, 3.63) is 99.0 Å². The summed E-state index contributed by atoms with van der Waals surface area (Å²) in [7, 11) is 0. The molecular weight excluding hydrogens is 424 g/mol. The fraction of sp³-hybridized carbons (Fsp3) is 0.192. The molecule has 5 nitrogen and oxygen atoms in total. The van der Waals surface area contributed by atoms with Gasteiger partial charge in [-0.25, -0.2) is 13.6 Å². The molecule has 7 heteroatoms. The third-order valence-corrected chi connectivity index (χ3v) is 6.43. The summed E-state index contributed by atoms with van der Waals surface area (Å²) in [6.07, 6.45) is 2.88. The Hall–Kier alpha value is -3.71. The van der Waals surface area contributed by atoms with E-state index in [1.54, 1.807) is 12.1 Å². The Labute approximate surface area is 188 Å². The summed E-state index contributed by atoms with van der Waals surface area (Å²) >= 11 is 0. The lowest BCUT2D eigenvalue weighted by Crippen LogP contribution is -2.23. The smallest absolute Gasteiger partial charge is 0.326 e. The molecule has 0 amide bonds. The highest BCUT2D eigenvalue weighted by atomic mass is 19.1. The van der Waals surface area contributed by atoms with Gasteiger partial charge in [-0.15, -0.1) is 0 Å². The van der Waals surface area contributed by atoms with Gasteiger partial charge >= 0.3 is 5.69 Å². The molecule has 2 N–H and O–H groups in total. The van der Waals surface area contributed by atoms with E-state index in [1.165, 1.54) is 24.3 Å². The molecule has 1 fully saturated rings. The van der Waals surface area contributed by atoms with Crippen molar-refractivity contribution < 1.29 is 13.5 Å². The molecule has 1 unspecified atom stereocenters. The molecule has 0 saturated carbocycles. The maximum absolute atomic E-state index is 13.9. The molecule has 2 aliphatic heterocycles. The Bertz CT molecular complexity index is 1420. The van der Waals surface area contributed by atoms with Crippen LogP contribution in [0.25, 0.3) is 22.7 Å². The van der Waals surface area contributed by atoms with Crippen molar-refractivity contribution in [2.75, 3.05) is 13.1 Å². The maximum Gasteiger partial charge on any atom is 0.326 e. The van der Waals surface area contributed by atoms with Crippen molar-refractivity contribution in [1.82, 2.24) is 14.9 Å². The van der Waals surface area contributed by atoms with Crippen LogP contribution in [0.15, 0.2) is 59.4 Å². The third kappa shape index (κ3) is 3.45. The van der Waals surface area contributed by atoms with Crippen LogP contribution < -0.4 is 15.7 Å². The average molecular weight is 445 g/mol. The van der Waals surface area contributed by atoms with E-state index >= 15 is 0 Å². The van der Waals surface area contributed by atoms with E-state index in [0.29, 0.717) is 11.3 Å². The van der Waals surface area contributed by atoms with Crippen molar-refractivity contribution in [1.29, 1.82) is 0 Å². The van der Waals surface area contributed by atoms with E-state index in [-0.39, 0.29) is 24.2 Å². The fourth-order valence-corrected chi connectivity index (χ4v) is 4.87. The lowest BCUT2D eigenvalue weighted by Gasteiger charge is -2.12. The number of fused-ring (bicyclic) bond motifs is 3. The van der Waals surface area contributed by atoms with Gasteiger partial charge in [-0.05, 0) is 72.1 Å². The molecule has 166 valence electrons. The van der Waals surface area contributed by atoms with Gasteiger partial charge in [0.2, 0.25) is 0 Å². The summed E-state index contributed by atoms with van der Waals surface area (Å²) in [6.45, 7) is 1.82. The van der Waals surface area contributed by atoms with Gasteiger partial charge in [-0.1, -0.05) is 12.1 Å². The van der Waals surface area contributed by atoms with Crippen molar-refractivity contribution in [3.63, 3.8) is 0 Å². The molecule has 1 atom stereocenters. The summed E-state index contributed by atoms with van der Waals surface area (Å²) in [5.74, 6) is -0.338. The summed E-state index contributed by atoms with van der Waals surface area (Å²) in [4.78, 5) is 15.6. The summed E-state index contributed by atoms with van der Waals surface area (Å²) < 4.78 is 35.5. The molecule has 0 aliphatic carbocycles. The molecule has 3 heterocycles. The number of imidazole rings is 1. The number of H-pyrrole nitrogens is 1. The number of halogens is 2. The number of ether oxygens (including phenoxy) is 1. The van der Waals surface area contributed by atoms with E-state index in [4.69, 9.17) is 4.74 Å². The van der Waals surface area contributed by atoms with Crippen molar-refractivity contribution in [2.45, 2.75) is 19.1 Å². The molecule has 4 aromatic rings. The third-order valence-electron chi connectivity index (χ3n) is 6.43. The van der Waals surface area contributed by atoms with Gasteiger partial charge in [0.1, 0.15) is 24.0 Å². The maximum atomic E-state index is 13.9. The van der Waals surface area contributed by atoms with E-state index in [2.05, 4.69) is 10.3 Å². The molecule has 33 heavy (non-hydrogen) atoms. The molecule has 0 bridgehead atoms. The van der Waals surface area contributed by atoms with E-state index in [1.807, 2.05) is 28.8 Å². The van der Waals surface area contributed by atoms with Crippen LogP contribution in [0.2, 0.25) is 0 Å². The van der Waals surface area contributed by atoms with Gasteiger partial charge in [0.25, 0.3) is 0 Å². The Morgan fingerprint density at radius 2 is 1.82 bits per heavy atom. The Balaban J connectivity index is 1.52. The second-order valence-corrected chi connectivity index (χ2v) is 8.51. The van der Waals surface area contributed by atoms with Crippen molar-refractivity contribution in [3.8, 4) is 5.75 Å². The van der Waals surface area contributed by atoms with Crippen LogP contribution >= 0.6 is 0 Å². The molecule has 3 aromatic carbocycles. The Kier molecular flexibility index (Phi) is 4.66. The van der Waals surface area contributed by atoms with Gasteiger partial charge in [-0.3, -0.25) is 4.57 Å². The first kappa shape index (κ1) is 19.9. The second kappa shape index (κ2) is 7.71. The van der Waals surface area contributed by atoms with E-state index in [0.717, 1.165) is 52.8 Å². The molecule has 2 aliphatic rings. The standard InChI is InChI=1S/C26H21F2N3O2/c27-17-2-4-20-16(11-17)14-33-25-12-18(28)3-5-21(25)22(20)9-15-1-6-24-23(10-15)30-26(32)31(24)19-7-8-29-13-19/h1-6,9-12,19,29H,7-8,13-14H2,(H,30,32). The lowest BCUT2D eigenvalue weighted by molar-refractivity contribution is 0.305. The highest BCUT2D eigenvalue weighted by Gasteiger charge is 2.22. The number of aromatic amines is 1. The first-order valence-electron chi connectivity index (χ1n) is 10.9. The quantitative estimate of drug-likeness (QED) is 0.473. The van der Waals surface area contributed by atoms with Gasteiger partial charge < -0.3 is 15.0 Å². The normalized spacial score (nSPS) is 18.7. The van der Waals surface area contributed by atoms with Crippen LogP contribution in [0.3, 0.4) is 0 Å². The van der Waals surface area contributed by atoms with E-state index < -0.39 is 5.82 Å². The molecule has 6 rings (SSSR count). The van der Waals surface area contributed by atoms with Crippen LogP contribution in [0.4, 0.5) is 8.78 Å². The predicted molar refractivity (Wildman–Crippen MR) is 123 cm³/mol. The van der Waals surface area contributed by atoms with Crippen LogP contribution in [0.1, 0.15) is 34.7 Å². The van der Waals surface area contributed by atoms with Gasteiger partial charge in [0.05, 0.1) is 17.1 Å². The highest BCUT2D eigenvalue weighted by Crippen LogP contribution is 2.38. The Morgan fingerprint density at radius 3 is 2.64 bits per heavy atom. The number of nitrogens with zero attached hydrogens (tertiary/aromatic N) is 1. The topological polar surface area (TPSA) is 59.1 Å². The van der Waals surface area contributed by atoms with Crippen molar-refractivity contribution in [2.24, 2.45) is 0 Å². The minimum absolute atomic E-state index is 0.118. The van der Waals surface area contributed by atoms with Gasteiger partial charge in [0.15, 0.2) is 0 Å². The number of rotatable bonds is 2. The zero-order valence-corrected chi connectivity index (χ0v) is 17.7. The molecule has 1 aromatic heterocycles. The van der Waals surface area contributed by atoms with Crippen LogP contribution in [-0.2, 0) is 6.61 Å². The number of hydrogen-bond acceptors (Lipinski definition) is 3. The number of hydrogen-bond donors (Lipinski definition) is 2. The minimum atomic E-state index is -0.396. The summed E-state index contributed by atoms with van der Waals surface area (Å²) in [5.41, 5.74) is 5.41. The summed E-state index contributed by atoms with van der Waals surface area (Å²) in [5, 5.41) is 3.30. The highest BCUT2D eigenvalue weighted by molar-refractivity contribution is 5.95. The molecular formula is C26H21F2N3O2. The molecule has 0 radical (unpaired) electrons. The van der Waals surface area contributed by atoms with Crippen LogP contribution in [-0.4, -0.2) is 22.6 Å². The second-order valence-electron chi connectivity index (χ2n) is 8.51. The van der Waals surface area contributed by atoms with Gasteiger partial charge in [-0.2, -0.15) is 0 Å². The lowest BCUT2D eigenvalue weighted by atomic mass is 9.92. The number of benzene rings is 3. The minimum Gasteiger partial charge on any atom is -0.488 e. The fourth-order valence-electron chi connectivity index (χ4n) is 4.87. The first-order valence-corrected chi connectivity index (χ1v) is 10.9. The Morgan fingerprint density at radius 1 is 1.00 bits per heavy atom. The van der Waals surface area contributed by atoms with Crippen molar-refractivity contribution >= 4 is 22.7 Å². The van der Waals surface area contributed by atoms with E-state index in [9.17, 15) is 13.6 Å². The number of nitrogens with one attached hydrogen (secondary N) is 2.